The van der Waals surface area contributed by atoms with Crippen molar-refractivity contribution in [1.82, 2.24) is 9.97 Å². The second-order valence-corrected chi connectivity index (χ2v) is 20.2. The monoisotopic (exact) mass is 899 g/mol. The first kappa shape index (κ1) is 52.5. The van der Waals surface area contributed by atoms with Gasteiger partial charge in [0.25, 0.3) is 0 Å². The summed E-state index contributed by atoms with van der Waals surface area (Å²) in [5.41, 5.74) is 10.5. The molecular formula is C55H78MgN4O5-2. The van der Waals surface area contributed by atoms with Gasteiger partial charge in [0.15, 0.2) is 0 Å². The van der Waals surface area contributed by atoms with Crippen molar-refractivity contribution < 1.29 is 24.2 Å². The largest absolute Gasteiger partial charge is 2.00 e. The Hall–Kier alpha value is -3.47. The zero-order valence-electron chi connectivity index (χ0n) is 42.0. The number of esters is 2. The molecule has 1 aliphatic carbocycles. The van der Waals surface area contributed by atoms with E-state index in [0.29, 0.717) is 34.6 Å². The molecule has 1 saturated heterocycles. The number of ether oxygens (including phenoxy) is 2. The minimum Gasteiger partial charge on any atom is -0.678 e. The van der Waals surface area contributed by atoms with Crippen LogP contribution in [0.4, 0.5) is 0 Å². The van der Waals surface area contributed by atoms with E-state index in [-0.39, 0.29) is 65.8 Å². The zero-order valence-corrected chi connectivity index (χ0v) is 43.4. The molecule has 1 unspecified atom stereocenters. The third-order valence-electron chi connectivity index (χ3n) is 15.1. The minimum atomic E-state index is -1.16. The van der Waals surface area contributed by atoms with E-state index in [2.05, 4.69) is 81.4 Å². The van der Waals surface area contributed by atoms with Crippen molar-refractivity contribution in [3.8, 4) is 0 Å². The smallest absolute Gasteiger partial charge is 0.678 e. The number of methoxy groups -OCH3 is 1. The third-order valence-corrected chi connectivity index (χ3v) is 15.1. The van der Waals surface area contributed by atoms with Crippen LogP contribution >= 0.6 is 0 Å². The second-order valence-electron chi connectivity index (χ2n) is 20.2. The first-order valence-corrected chi connectivity index (χ1v) is 24.8. The Labute approximate surface area is 407 Å². The van der Waals surface area contributed by atoms with Crippen molar-refractivity contribution in [2.45, 2.75) is 172 Å². The molecule has 0 spiro atoms. The average molecular weight is 900 g/mol. The summed E-state index contributed by atoms with van der Waals surface area (Å²) in [6, 6.07) is -0.0623. The maximum Gasteiger partial charge on any atom is 2.00 e. The Kier molecular flexibility index (Phi) is 19.0. The molecule has 1 fully saturated rings. The van der Waals surface area contributed by atoms with Crippen LogP contribution in [-0.4, -0.2) is 59.9 Å². The SMILES string of the molecule is CCc1c(C)/c2[n-]/c1=C\c1[n-]c3c(c1C)[C@H](O)[C@H](C(=O)OC)/C3=C1/[N-]/C(=C\C3=C(C)[C@@H](CC)C(\C=2)[N-]3)[C@@H](C)[C@H]1CCC(=O)OC/C=C(/C)CCC[C@H](C)CCC[C@H](C)CCCC(C)C.[Mg+2]. The van der Waals surface area contributed by atoms with Crippen LogP contribution in [0.3, 0.4) is 0 Å². The van der Waals surface area contributed by atoms with Gasteiger partial charge in [0, 0.05) is 6.42 Å². The molecule has 1 N–H and O–H groups in total. The second kappa shape index (κ2) is 23.5. The van der Waals surface area contributed by atoms with Crippen LogP contribution in [0.5, 0.6) is 0 Å². The van der Waals surface area contributed by atoms with E-state index < -0.39 is 18.0 Å². The van der Waals surface area contributed by atoms with Crippen molar-refractivity contribution in [2.75, 3.05) is 13.7 Å². The molecule has 352 valence electrons. The van der Waals surface area contributed by atoms with Crippen LogP contribution in [0.15, 0.2) is 40.4 Å². The number of aromatic nitrogens is 2. The Bertz CT molecular complexity index is 2260. The van der Waals surface area contributed by atoms with Crippen LogP contribution in [0.2, 0.25) is 0 Å². The maximum absolute atomic E-state index is 13.7. The average Bonchev–Trinajstić information content (AvgIpc) is 3.99. The maximum atomic E-state index is 13.7. The number of aliphatic hydroxyl groups excluding tert-OH is 1. The molecule has 6 rings (SSSR count). The molecule has 2 aromatic rings. The molecule has 5 heterocycles. The number of hydrogen-bond donors (Lipinski definition) is 1. The van der Waals surface area contributed by atoms with Crippen LogP contribution in [0.1, 0.15) is 179 Å². The molecule has 8 atom stereocenters. The molecule has 3 aliphatic heterocycles. The quantitative estimate of drug-likeness (QED) is 0.0796. The Morgan fingerprint density at radius 1 is 0.877 bits per heavy atom. The molecule has 8 bridgehead atoms. The fourth-order valence-corrected chi connectivity index (χ4v) is 10.9. The summed E-state index contributed by atoms with van der Waals surface area (Å²) >= 11 is 0. The first-order valence-electron chi connectivity index (χ1n) is 24.8. The number of rotatable bonds is 20. The third kappa shape index (κ3) is 12.0. The summed E-state index contributed by atoms with van der Waals surface area (Å²) in [4.78, 5) is 37.4. The summed E-state index contributed by atoms with van der Waals surface area (Å²) in [7, 11) is 1.35. The van der Waals surface area contributed by atoms with Gasteiger partial charge in [-0.25, -0.2) is 0 Å². The van der Waals surface area contributed by atoms with Crippen LogP contribution in [0.25, 0.3) is 28.4 Å². The predicted molar refractivity (Wildman–Crippen MR) is 265 cm³/mol. The summed E-state index contributed by atoms with van der Waals surface area (Å²) < 4.78 is 11.2. The molecule has 0 radical (unpaired) electrons. The fourth-order valence-electron chi connectivity index (χ4n) is 10.9. The standard InChI is InChI=1S/C55H78N4O5.Mg/c1-13-39-35(8)42-28-44-37(10)41(24-25-48(60)64-27-26-34(7)23-17-22-33(6)21-16-20-32(5)19-15-18-31(3)4)52(58-44)50-51(55(62)63-12)54(61)49-38(11)45(59-53(49)50)30-47-40(14-2)36(9)43(57-47)29-46(39)56-42;/h26,28-33,37,39,41,46,51,54,61H,13-25,27H2,1-12H3;/q-4;+2/b34-26-,43-29-,44-28-,47-30-,52-50-;/t32-,33-,37+,39-,41-,46?,51-,54+;/m1./s1. The Balaban J connectivity index is 0.00000793. The number of hydrogen-bond acceptors (Lipinski definition) is 5. The van der Waals surface area contributed by atoms with E-state index in [1.807, 2.05) is 19.1 Å². The van der Waals surface area contributed by atoms with Crippen molar-refractivity contribution in [2.24, 2.45) is 41.4 Å². The van der Waals surface area contributed by atoms with Crippen LogP contribution in [-0.2, 0) is 25.5 Å². The predicted octanol–water partition coefficient (Wildman–Crippen LogP) is 10.9. The Morgan fingerprint density at radius 3 is 2.20 bits per heavy atom. The van der Waals surface area contributed by atoms with E-state index in [9.17, 15) is 14.7 Å². The zero-order chi connectivity index (χ0) is 46.4. The Morgan fingerprint density at radius 2 is 1.55 bits per heavy atom. The van der Waals surface area contributed by atoms with E-state index in [4.69, 9.17) is 30.1 Å². The topological polar surface area (TPSA) is 129 Å². The van der Waals surface area contributed by atoms with Gasteiger partial charge in [-0.3, -0.25) is 9.59 Å². The van der Waals surface area contributed by atoms with Gasteiger partial charge in [0.05, 0.1) is 13.2 Å². The molecule has 4 aliphatic rings. The van der Waals surface area contributed by atoms with Gasteiger partial charge in [-0.1, -0.05) is 151 Å². The normalized spacial score (nSPS) is 26.3. The van der Waals surface area contributed by atoms with Crippen molar-refractivity contribution in [3.63, 3.8) is 0 Å². The number of allylic oxidation sites excluding steroid dienone is 4. The van der Waals surface area contributed by atoms with Gasteiger partial charge in [-0.05, 0) is 101 Å². The van der Waals surface area contributed by atoms with Gasteiger partial charge in [0.1, 0.15) is 12.5 Å². The van der Waals surface area contributed by atoms with Gasteiger partial charge in [-0.15, -0.1) is 33.9 Å². The van der Waals surface area contributed by atoms with Gasteiger partial charge >= 0.3 is 35.0 Å². The molecule has 2 aromatic heterocycles. The number of fused-ring (bicyclic) bond motifs is 7. The summed E-state index contributed by atoms with van der Waals surface area (Å²) in [5.74, 6) is 0.408. The van der Waals surface area contributed by atoms with E-state index in [1.165, 1.54) is 63.2 Å². The van der Waals surface area contributed by atoms with Gasteiger partial charge in [0.2, 0.25) is 0 Å². The summed E-state index contributed by atoms with van der Waals surface area (Å²) in [6.45, 7) is 24.6. The van der Waals surface area contributed by atoms with E-state index in [1.54, 1.807) is 0 Å². The number of aliphatic hydroxyl groups is 1. The number of carbonyl (C=O) groups excluding carboxylic acids is 2. The van der Waals surface area contributed by atoms with Crippen LogP contribution in [0, 0.1) is 55.3 Å². The minimum absolute atomic E-state index is 0. The van der Waals surface area contributed by atoms with Gasteiger partial charge in [-0.2, -0.15) is 11.4 Å². The molecule has 0 aromatic carbocycles. The van der Waals surface area contributed by atoms with Crippen molar-refractivity contribution in [3.05, 3.63) is 95.4 Å². The molecule has 10 heteroatoms. The van der Waals surface area contributed by atoms with Crippen LogP contribution < -0.4 is 20.7 Å². The fraction of sp³-hybridized carbons (Fsp3) is 0.636. The van der Waals surface area contributed by atoms with Crippen molar-refractivity contribution >= 4 is 52.7 Å². The number of nitrogens with zero attached hydrogens (tertiary/aromatic N) is 4. The molecule has 9 nitrogen and oxygen atoms in total. The summed E-state index contributed by atoms with van der Waals surface area (Å²) in [5, 5.41) is 24.4. The first-order chi connectivity index (χ1) is 30.6. The van der Waals surface area contributed by atoms with E-state index >= 15 is 0 Å². The molecular weight excluding hydrogens is 821 g/mol. The van der Waals surface area contributed by atoms with Gasteiger partial charge < -0.3 is 35.2 Å². The summed E-state index contributed by atoms with van der Waals surface area (Å²) in [6.07, 6.45) is 21.0. The molecule has 0 saturated carbocycles. The molecule has 65 heavy (non-hydrogen) atoms. The number of carbonyl (C=O) groups is 2. The van der Waals surface area contributed by atoms with E-state index in [0.717, 1.165) is 82.2 Å². The van der Waals surface area contributed by atoms with Crippen molar-refractivity contribution in [1.29, 1.82) is 0 Å². The molecule has 0 amide bonds.